The van der Waals surface area contributed by atoms with Gasteiger partial charge in [0.2, 0.25) is 5.78 Å². The number of aromatic hydroxyl groups is 1. The van der Waals surface area contributed by atoms with E-state index in [1.165, 1.54) is 19.3 Å². The Morgan fingerprint density at radius 2 is 1.96 bits per heavy atom. The number of aliphatic hydroxyl groups is 1. The summed E-state index contributed by atoms with van der Waals surface area (Å²) in [5.41, 5.74) is 0.771. The summed E-state index contributed by atoms with van der Waals surface area (Å²) in [7, 11) is 1.50. The maximum atomic E-state index is 12.6. The van der Waals surface area contributed by atoms with Crippen LogP contribution < -0.4 is 4.74 Å². The predicted molar refractivity (Wildman–Crippen MR) is 94.1 cm³/mol. The maximum Gasteiger partial charge on any atom is 0.343 e. The first-order chi connectivity index (χ1) is 11.8. The number of halogens is 1. The van der Waals surface area contributed by atoms with Crippen LogP contribution in [-0.4, -0.2) is 41.3 Å². The number of Topliss-reactive ketones (excluding diaryl/α,β-unsaturated/α-hetero) is 1. The lowest BCUT2D eigenvalue weighted by atomic mass is 9.99. The third-order valence-electron chi connectivity index (χ3n) is 4.09. The Bertz CT molecular complexity index is 917. The summed E-state index contributed by atoms with van der Waals surface area (Å²) in [6, 6.07) is 6.49. The van der Waals surface area contributed by atoms with Crippen molar-refractivity contribution in [2.75, 3.05) is 7.11 Å². The predicted octanol–water partition coefficient (Wildman–Crippen LogP) is 2.61. The first-order valence-corrected chi connectivity index (χ1v) is 8.23. The van der Waals surface area contributed by atoms with Gasteiger partial charge in [0.15, 0.2) is 6.10 Å². The van der Waals surface area contributed by atoms with Crippen LogP contribution in [0.4, 0.5) is 0 Å². The summed E-state index contributed by atoms with van der Waals surface area (Å²) < 4.78 is 10.5. The van der Waals surface area contributed by atoms with E-state index in [2.05, 4.69) is 15.9 Å². The molecule has 1 aliphatic rings. The third kappa shape index (κ3) is 3.01. The molecule has 0 bridgehead atoms. The van der Waals surface area contributed by atoms with Crippen molar-refractivity contribution in [1.29, 1.82) is 0 Å². The summed E-state index contributed by atoms with van der Waals surface area (Å²) >= 11 is 3.01. The number of phenolic OH excluding ortho intramolecular Hbond substituents is 1. The summed E-state index contributed by atoms with van der Waals surface area (Å²) in [6.45, 7) is 1.85. The lowest BCUT2D eigenvalue weighted by Crippen LogP contribution is -2.32. The molecule has 1 aliphatic carbocycles. The average Bonchev–Trinajstić information content (AvgIpc) is 2.80. The molecule has 2 aromatic rings. The van der Waals surface area contributed by atoms with E-state index in [1.807, 2.05) is 6.92 Å². The highest BCUT2D eigenvalue weighted by Gasteiger charge is 2.37. The highest BCUT2D eigenvalue weighted by molar-refractivity contribution is 9.12. The average molecular weight is 407 g/mol. The second kappa shape index (κ2) is 6.50. The van der Waals surface area contributed by atoms with Crippen LogP contribution in [0.5, 0.6) is 11.5 Å². The van der Waals surface area contributed by atoms with Crippen molar-refractivity contribution in [3.8, 4) is 11.5 Å². The smallest absolute Gasteiger partial charge is 0.343 e. The van der Waals surface area contributed by atoms with E-state index in [9.17, 15) is 19.8 Å². The molecule has 0 heterocycles. The van der Waals surface area contributed by atoms with Crippen LogP contribution in [0.15, 0.2) is 34.8 Å². The van der Waals surface area contributed by atoms with E-state index in [-0.39, 0.29) is 15.8 Å². The number of fused-ring (bicyclic) bond motifs is 1. The summed E-state index contributed by atoms with van der Waals surface area (Å²) in [4.78, 5) is 24.6. The third-order valence-corrected chi connectivity index (χ3v) is 4.74. The quantitative estimate of drug-likeness (QED) is 0.760. The number of aryl methyl sites for hydroxylation is 1. The summed E-state index contributed by atoms with van der Waals surface area (Å²) in [5, 5.41) is 21.2. The lowest BCUT2D eigenvalue weighted by molar-refractivity contribution is -0.125. The molecule has 25 heavy (non-hydrogen) atoms. The molecule has 0 aromatic heterocycles. The largest absolute Gasteiger partial charge is 0.507 e. The van der Waals surface area contributed by atoms with Crippen LogP contribution in [-0.2, 0) is 9.53 Å². The minimum atomic E-state index is -1.34. The molecule has 6 nitrogen and oxygen atoms in total. The summed E-state index contributed by atoms with van der Waals surface area (Å²) in [5.74, 6) is -1.19. The molecule has 0 amide bonds. The number of ether oxygens (including phenoxy) is 2. The van der Waals surface area contributed by atoms with Crippen molar-refractivity contribution in [1.82, 2.24) is 0 Å². The highest BCUT2D eigenvalue weighted by Crippen LogP contribution is 2.34. The number of esters is 1. The number of hydrogen-bond donors (Lipinski definition) is 2. The van der Waals surface area contributed by atoms with Gasteiger partial charge in [0.25, 0.3) is 0 Å². The van der Waals surface area contributed by atoms with Crippen LogP contribution in [0.3, 0.4) is 0 Å². The van der Waals surface area contributed by atoms with Crippen molar-refractivity contribution >= 4 is 38.5 Å². The lowest BCUT2D eigenvalue weighted by Gasteiger charge is -2.17. The van der Waals surface area contributed by atoms with Crippen LogP contribution >= 0.6 is 15.9 Å². The molecule has 0 fully saturated rings. The highest BCUT2D eigenvalue weighted by atomic mass is 79.9. The fraction of sp³-hybridized carbons (Fsp3) is 0.222. The van der Waals surface area contributed by atoms with E-state index in [0.717, 1.165) is 10.9 Å². The van der Waals surface area contributed by atoms with Gasteiger partial charge in [0.05, 0.1) is 11.6 Å². The molecular weight excluding hydrogens is 392 g/mol. The zero-order valence-corrected chi connectivity index (χ0v) is 15.0. The number of rotatable bonds is 3. The topological polar surface area (TPSA) is 93.1 Å². The Hall–Kier alpha value is -2.38. The molecule has 2 atom stereocenters. The van der Waals surface area contributed by atoms with Crippen molar-refractivity contribution in [3.63, 3.8) is 0 Å². The second-order valence-electron chi connectivity index (χ2n) is 5.69. The van der Waals surface area contributed by atoms with Gasteiger partial charge in [-0.15, -0.1) is 0 Å². The Morgan fingerprint density at radius 3 is 2.56 bits per heavy atom. The summed E-state index contributed by atoms with van der Waals surface area (Å²) in [6.07, 6.45) is -1.32. The number of carbonyl (C=O) groups excluding carboxylic acids is 2. The Kier molecular flexibility index (Phi) is 4.53. The van der Waals surface area contributed by atoms with Gasteiger partial charge in [-0.3, -0.25) is 4.79 Å². The zero-order chi connectivity index (χ0) is 18.3. The van der Waals surface area contributed by atoms with Crippen LogP contribution in [0.25, 0.3) is 10.8 Å². The fourth-order valence-corrected chi connectivity index (χ4v) is 3.31. The number of carbonyl (C=O) groups is 2. The molecular formula is C18H15BrO6. The SMILES string of the molecule is COc1cc(C)c2ccc(O)c(C(=O)O[C@@H]3C(=O)C(Br)=C[C@H]3O)c2c1. The molecule has 3 rings (SSSR count). The van der Waals surface area contributed by atoms with Crippen molar-refractivity contribution in [2.24, 2.45) is 0 Å². The second-order valence-corrected chi connectivity index (χ2v) is 6.55. The van der Waals surface area contributed by atoms with Crippen LogP contribution in [0.1, 0.15) is 15.9 Å². The molecule has 0 radical (unpaired) electrons. The minimum absolute atomic E-state index is 0.0810. The van der Waals surface area contributed by atoms with E-state index in [4.69, 9.17) is 9.47 Å². The molecule has 0 saturated heterocycles. The fourth-order valence-electron chi connectivity index (χ4n) is 2.82. The van der Waals surface area contributed by atoms with Gasteiger partial charge in [-0.25, -0.2) is 4.79 Å². The van der Waals surface area contributed by atoms with Crippen molar-refractivity contribution in [2.45, 2.75) is 19.1 Å². The number of aliphatic hydroxyl groups excluding tert-OH is 1. The number of hydrogen-bond acceptors (Lipinski definition) is 6. The Balaban J connectivity index is 2.06. The Labute approximate surface area is 151 Å². The van der Waals surface area contributed by atoms with E-state index in [0.29, 0.717) is 11.1 Å². The van der Waals surface area contributed by atoms with Crippen molar-refractivity contribution in [3.05, 3.63) is 46.0 Å². The number of phenols is 1. The van der Waals surface area contributed by atoms with Crippen LogP contribution in [0, 0.1) is 6.92 Å². The van der Waals surface area contributed by atoms with E-state index < -0.39 is 24.0 Å². The monoisotopic (exact) mass is 406 g/mol. The molecule has 2 aromatic carbocycles. The Morgan fingerprint density at radius 1 is 1.24 bits per heavy atom. The van der Waals surface area contributed by atoms with Gasteiger partial charge in [-0.2, -0.15) is 0 Å². The molecule has 130 valence electrons. The minimum Gasteiger partial charge on any atom is -0.507 e. The van der Waals surface area contributed by atoms with Gasteiger partial charge >= 0.3 is 5.97 Å². The van der Waals surface area contributed by atoms with E-state index in [1.54, 1.807) is 18.2 Å². The van der Waals surface area contributed by atoms with Gasteiger partial charge < -0.3 is 19.7 Å². The van der Waals surface area contributed by atoms with Crippen molar-refractivity contribution < 1.29 is 29.3 Å². The standard InChI is InChI=1S/C18H15BrO6/c1-8-5-9(24-2)6-11-10(8)3-4-13(20)15(11)18(23)25-17-14(21)7-12(19)16(17)22/h3-7,14,17,20-21H,1-2H3/t14-,17+/m1/s1. The molecule has 2 N–H and O–H groups in total. The maximum absolute atomic E-state index is 12.6. The first-order valence-electron chi connectivity index (χ1n) is 7.44. The number of methoxy groups -OCH3 is 1. The van der Waals surface area contributed by atoms with Gasteiger partial charge in [-0.1, -0.05) is 6.07 Å². The number of benzene rings is 2. The molecule has 0 aliphatic heterocycles. The molecule has 0 unspecified atom stereocenters. The molecule has 0 saturated carbocycles. The zero-order valence-electron chi connectivity index (χ0n) is 13.4. The normalized spacial score (nSPS) is 19.8. The van der Waals surface area contributed by atoms with Gasteiger partial charge in [0.1, 0.15) is 23.2 Å². The number of ketones is 1. The van der Waals surface area contributed by atoms with Gasteiger partial charge in [-0.05, 0) is 58.1 Å². The van der Waals surface area contributed by atoms with Gasteiger partial charge in [0, 0.05) is 5.39 Å². The first kappa shape index (κ1) is 17.4. The molecule has 0 spiro atoms. The van der Waals surface area contributed by atoms with E-state index >= 15 is 0 Å². The molecule has 7 heteroatoms. The van der Waals surface area contributed by atoms with Crippen LogP contribution in [0.2, 0.25) is 0 Å².